The number of hydrogen-bond acceptors (Lipinski definition) is 4. The Bertz CT molecular complexity index is 1140. The molecule has 0 aliphatic carbocycles. The molecule has 4 aromatic rings. The maximum absolute atomic E-state index is 11.2. The first-order valence-electron chi connectivity index (χ1n) is 10.7. The molecule has 0 N–H and O–H groups in total. The highest BCUT2D eigenvalue weighted by Crippen LogP contribution is 2.47. The van der Waals surface area contributed by atoms with Crippen LogP contribution in [-0.2, 0) is 13.1 Å². The predicted octanol–water partition coefficient (Wildman–Crippen LogP) is 6.32. The van der Waals surface area contributed by atoms with Gasteiger partial charge in [0.25, 0.3) is 5.69 Å². The van der Waals surface area contributed by atoms with E-state index < -0.39 is 0 Å². The second kappa shape index (κ2) is 8.55. The van der Waals surface area contributed by atoms with Crippen molar-refractivity contribution < 1.29 is 4.92 Å². The fourth-order valence-corrected chi connectivity index (χ4v) is 4.41. The molecule has 1 heterocycles. The Hall–Kier alpha value is -4.12. The average Bonchev–Trinajstić information content (AvgIpc) is 3.13. The molecule has 1 aliphatic rings. The molecule has 5 nitrogen and oxygen atoms in total. The van der Waals surface area contributed by atoms with E-state index in [0.717, 1.165) is 30.0 Å². The van der Waals surface area contributed by atoms with Crippen molar-refractivity contribution in [2.75, 3.05) is 9.80 Å². The van der Waals surface area contributed by atoms with E-state index in [9.17, 15) is 10.1 Å². The summed E-state index contributed by atoms with van der Waals surface area (Å²) in [6.07, 6.45) is -0.0754. The van der Waals surface area contributed by atoms with Crippen LogP contribution in [0.5, 0.6) is 0 Å². The first-order chi connectivity index (χ1) is 15.7. The number of benzene rings is 4. The van der Waals surface area contributed by atoms with Crippen molar-refractivity contribution in [3.63, 3.8) is 0 Å². The highest BCUT2D eigenvalue weighted by Gasteiger charge is 2.36. The lowest BCUT2D eigenvalue weighted by Gasteiger charge is -2.34. The molecule has 0 amide bonds. The van der Waals surface area contributed by atoms with E-state index in [1.54, 1.807) is 12.1 Å². The second-order valence-corrected chi connectivity index (χ2v) is 7.94. The molecule has 0 fully saturated rings. The number of rotatable bonds is 6. The van der Waals surface area contributed by atoms with Gasteiger partial charge in [-0.05, 0) is 41.0 Å². The predicted molar refractivity (Wildman–Crippen MR) is 128 cm³/mol. The Morgan fingerprint density at radius 3 is 1.50 bits per heavy atom. The van der Waals surface area contributed by atoms with E-state index in [-0.39, 0.29) is 16.8 Å². The third kappa shape index (κ3) is 3.81. The van der Waals surface area contributed by atoms with Crippen molar-refractivity contribution in [2.24, 2.45) is 0 Å². The summed E-state index contributed by atoms with van der Waals surface area (Å²) in [6.45, 7) is 1.48. The minimum Gasteiger partial charge on any atom is -0.341 e. The molecule has 0 saturated carbocycles. The molecule has 158 valence electrons. The molecule has 1 aliphatic heterocycles. The van der Waals surface area contributed by atoms with Crippen LogP contribution in [0.1, 0.15) is 22.9 Å². The molecule has 4 aromatic carbocycles. The standard InChI is InChI=1S/C27H23N3O2/c31-30(32)24-17-15-23(16-18-24)27-28(19-21-9-3-1-4-10-21)25-13-7-8-14-26(25)29(27)20-22-11-5-2-6-12-22/h1-18,27H,19-20H2. The number of para-hydroxylation sites is 2. The molecule has 0 radical (unpaired) electrons. The van der Waals surface area contributed by atoms with Gasteiger partial charge in [0.2, 0.25) is 0 Å². The molecule has 5 heteroatoms. The summed E-state index contributed by atoms with van der Waals surface area (Å²) in [5, 5.41) is 11.2. The number of hydrogen-bond donors (Lipinski definition) is 0. The number of nitro benzene ring substituents is 1. The molecule has 0 saturated heterocycles. The van der Waals surface area contributed by atoms with Gasteiger partial charge in [0.15, 0.2) is 0 Å². The zero-order valence-corrected chi connectivity index (χ0v) is 17.5. The molecule has 0 atom stereocenters. The normalized spacial score (nSPS) is 13.2. The van der Waals surface area contributed by atoms with Gasteiger partial charge < -0.3 is 9.80 Å². The number of fused-ring (bicyclic) bond motifs is 1. The molecule has 5 rings (SSSR count). The maximum Gasteiger partial charge on any atom is 0.269 e. The molecule has 0 spiro atoms. The lowest BCUT2D eigenvalue weighted by molar-refractivity contribution is -0.384. The van der Waals surface area contributed by atoms with Crippen LogP contribution in [0.2, 0.25) is 0 Å². The van der Waals surface area contributed by atoms with Crippen molar-refractivity contribution in [3.8, 4) is 0 Å². The first-order valence-corrected chi connectivity index (χ1v) is 10.7. The lowest BCUT2D eigenvalue weighted by atomic mass is 10.1. The zero-order valence-electron chi connectivity index (χ0n) is 17.5. The quantitative estimate of drug-likeness (QED) is 0.270. The highest BCUT2D eigenvalue weighted by molar-refractivity contribution is 5.78. The average molecular weight is 422 g/mol. The number of non-ortho nitro benzene ring substituents is 1. The van der Waals surface area contributed by atoms with Crippen molar-refractivity contribution in [3.05, 3.63) is 136 Å². The summed E-state index contributed by atoms with van der Waals surface area (Å²) in [4.78, 5) is 15.6. The number of nitrogens with zero attached hydrogens (tertiary/aromatic N) is 3. The van der Waals surface area contributed by atoms with Crippen LogP contribution in [0.25, 0.3) is 0 Å². The highest BCUT2D eigenvalue weighted by atomic mass is 16.6. The van der Waals surface area contributed by atoms with Crippen LogP contribution in [-0.4, -0.2) is 4.92 Å². The van der Waals surface area contributed by atoms with Crippen molar-refractivity contribution in [1.29, 1.82) is 0 Å². The van der Waals surface area contributed by atoms with Crippen LogP contribution in [0.4, 0.5) is 17.1 Å². The van der Waals surface area contributed by atoms with Gasteiger partial charge in [0, 0.05) is 25.2 Å². The van der Waals surface area contributed by atoms with Crippen molar-refractivity contribution in [1.82, 2.24) is 0 Å². The van der Waals surface area contributed by atoms with Crippen LogP contribution in [0.3, 0.4) is 0 Å². The Morgan fingerprint density at radius 2 is 1.06 bits per heavy atom. The largest absolute Gasteiger partial charge is 0.341 e. The summed E-state index contributed by atoms with van der Waals surface area (Å²) in [7, 11) is 0. The summed E-state index contributed by atoms with van der Waals surface area (Å²) < 4.78 is 0. The monoisotopic (exact) mass is 421 g/mol. The van der Waals surface area contributed by atoms with E-state index in [1.165, 1.54) is 11.1 Å². The van der Waals surface area contributed by atoms with Crippen LogP contribution >= 0.6 is 0 Å². The third-order valence-corrected chi connectivity index (χ3v) is 5.88. The van der Waals surface area contributed by atoms with Gasteiger partial charge >= 0.3 is 0 Å². The van der Waals surface area contributed by atoms with Crippen LogP contribution in [0, 0.1) is 10.1 Å². The van der Waals surface area contributed by atoms with Crippen molar-refractivity contribution in [2.45, 2.75) is 19.3 Å². The number of nitro groups is 1. The molecule has 0 bridgehead atoms. The van der Waals surface area contributed by atoms with Gasteiger partial charge in [-0.15, -0.1) is 0 Å². The lowest BCUT2D eigenvalue weighted by Crippen LogP contribution is -2.35. The molecule has 0 unspecified atom stereocenters. The minimum absolute atomic E-state index is 0.0754. The van der Waals surface area contributed by atoms with E-state index in [4.69, 9.17) is 0 Å². The van der Waals surface area contributed by atoms with Gasteiger partial charge in [0.1, 0.15) is 6.17 Å². The van der Waals surface area contributed by atoms with E-state index >= 15 is 0 Å². The minimum atomic E-state index is -0.351. The Balaban J connectivity index is 1.60. The van der Waals surface area contributed by atoms with Crippen molar-refractivity contribution >= 4 is 17.1 Å². The number of anilines is 2. The molecule has 32 heavy (non-hydrogen) atoms. The maximum atomic E-state index is 11.2. The third-order valence-electron chi connectivity index (χ3n) is 5.88. The van der Waals surface area contributed by atoms with E-state index in [2.05, 4.69) is 82.6 Å². The molecular formula is C27H23N3O2. The van der Waals surface area contributed by atoms with Crippen LogP contribution < -0.4 is 9.80 Å². The topological polar surface area (TPSA) is 49.6 Å². The van der Waals surface area contributed by atoms with E-state index in [0.29, 0.717) is 0 Å². The SMILES string of the molecule is O=[N+]([O-])c1ccc(C2N(Cc3ccccc3)c3ccccc3N2Cc2ccccc2)cc1. The van der Waals surface area contributed by atoms with Gasteiger partial charge in [-0.3, -0.25) is 10.1 Å². The fraction of sp³-hybridized carbons (Fsp3) is 0.111. The Morgan fingerprint density at radius 1 is 0.625 bits per heavy atom. The second-order valence-electron chi connectivity index (χ2n) is 7.94. The molecule has 0 aromatic heterocycles. The smallest absolute Gasteiger partial charge is 0.269 e. The summed E-state index contributed by atoms with van der Waals surface area (Å²) >= 11 is 0. The fourth-order valence-electron chi connectivity index (χ4n) is 4.41. The first kappa shape index (κ1) is 19.8. The summed E-state index contributed by atoms with van der Waals surface area (Å²) in [6, 6.07) is 36.2. The zero-order chi connectivity index (χ0) is 21.9. The molecular weight excluding hydrogens is 398 g/mol. The van der Waals surface area contributed by atoms with Gasteiger partial charge in [-0.1, -0.05) is 72.8 Å². The van der Waals surface area contributed by atoms with Crippen LogP contribution in [0.15, 0.2) is 109 Å². The van der Waals surface area contributed by atoms with Gasteiger partial charge in [-0.25, -0.2) is 0 Å². The Kier molecular flexibility index (Phi) is 5.30. The van der Waals surface area contributed by atoms with Gasteiger partial charge in [0.05, 0.1) is 16.3 Å². The van der Waals surface area contributed by atoms with Gasteiger partial charge in [-0.2, -0.15) is 0 Å². The summed E-state index contributed by atoms with van der Waals surface area (Å²) in [5.41, 5.74) is 5.89. The summed E-state index contributed by atoms with van der Waals surface area (Å²) in [5.74, 6) is 0. The van der Waals surface area contributed by atoms with E-state index in [1.807, 2.05) is 24.3 Å². The Labute approximate surface area is 187 Å².